The average molecular weight is 270 g/mol. The van der Waals surface area contributed by atoms with Crippen molar-refractivity contribution in [3.8, 4) is 0 Å². The Bertz CT molecular complexity index is 333. The van der Waals surface area contributed by atoms with E-state index in [9.17, 15) is 14.4 Å². The number of esters is 1. The minimum absolute atomic E-state index is 0.0577. The zero-order valence-corrected chi connectivity index (χ0v) is 11.6. The molecule has 0 fully saturated rings. The Labute approximate surface area is 113 Å². The summed E-state index contributed by atoms with van der Waals surface area (Å²) in [5, 5.41) is 8.34. The molecule has 1 atom stereocenters. The lowest BCUT2D eigenvalue weighted by molar-refractivity contribution is -0.145. The summed E-state index contributed by atoms with van der Waals surface area (Å²) in [6.07, 6.45) is 6.71. The van der Waals surface area contributed by atoms with Gasteiger partial charge in [0, 0.05) is 19.4 Å². The van der Waals surface area contributed by atoms with Gasteiger partial charge in [0.25, 0.3) is 0 Å². The van der Waals surface area contributed by atoms with Gasteiger partial charge in [-0.3, -0.25) is 9.59 Å². The molecule has 0 aliphatic heterocycles. The quantitative estimate of drug-likeness (QED) is 0.375. The lowest BCUT2D eigenvalue weighted by Crippen LogP contribution is -2.11. The summed E-state index contributed by atoms with van der Waals surface area (Å²) in [6, 6.07) is 0. The van der Waals surface area contributed by atoms with Gasteiger partial charge in [-0.1, -0.05) is 12.8 Å². The SMILES string of the molecule is CC(=O)OC(C)CCCCCCC(=O)/C=C/C(=O)O. The Hall–Kier alpha value is -1.65. The van der Waals surface area contributed by atoms with Crippen molar-refractivity contribution >= 4 is 17.7 Å². The standard InChI is InChI=1S/C14H22O5/c1-11(19-12(2)15)7-5-3-4-6-8-13(16)9-10-14(17)18/h9-11H,3-8H2,1-2H3,(H,17,18)/b10-9+. The lowest BCUT2D eigenvalue weighted by atomic mass is 10.1. The van der Waals surface area contributed by atoms with Crippen LogP contribution in [0.3, 0.4) is 0 Å². The molecule has 108 valence electrons. The smallest absolute Gasteiger partial charge is 0.328 e. The minimum Gasteiger partial charge on any atom is -0.478 e. The highest BCUT2D eigenvalue weighted by atomic mass is 16.5. The van der Waals surface area contributed by atoms with E-state index in [0.29, 0.717) is 6.42 Å². The molecule has 0 aromatic rings. The van der Waals surface area contributed by atoms with Crippen molar-refractivity contribution in [3.05, 3.63) is 12.2 Å². The fourth-order valence-electron chi connectivity index (χ4n) is 1.67. The summed E-state index contributed by atoms with van der Waals surface area (Å²) in [7, 11) is 0. The summed E-state index contributed by atoms with van der Waals surface area (Å²) in [6.45, 7) is 3.26. The van der Waals surface area contributed by atoms with Crippen LogP contribution in [0.2, 0.25) is 0 Å². The molecule has 0 bridgehead atoms. The molecule has 1 N–H and O–H groups in total. The van der Waals surface area contributed by atoms with Gasteiger partial charge in [-0.25, -0.2) is 4.79 Å². The van der Waals surface area contributed by atoms with Crippen LogP contribution in [0.1, 0.15) is 52.4 Å². The number of unbranched alkanes of at least 4 members (excludes halogenated alkanes) is 3. The molecule has 0 aliphatic rings. The van der Waals surface area contributed by atoms with Crippen LogP contribution in [0.4, 0.5) is 0 Å². The van der Waals surface area contributed by atoms with Gasteiger partial charge in [0.2, 0.25) is 0 Å². The number of hydrogen-bond donors (Lipinski definition) is 1. The van der Waals surface area contributed by atoms with E-state index in [-0.39, 0.29) is 17.9 Å². The van der Waals surface area contributed by atoms with Crippen molar-refractivity contribution in [1.29, 1.82) is 0 Å². The number of carboxylic acid groups (broad SMARTS) is 1. The number of carbonyl (C=O) groups excluding carboxylic acids is 2. The largest absolute Gasteiger partial charge is 0.478 e. The first-order valence-electron chi connectivity index (χ1n) is 6.53. The maximum absolute atomic E-state index is 11.2. The second-order valence-corrected chi connectivity index (χ2v) is 4.51. The molecule has 0 rings (SSSR count). The summed E-state index contributed by atoms with van der Waals surface area (Å²) in [4.78, 5) is 32.1. The molecule has 5 nitrogen and oxygen atoms in total. The molecule has 0 spiro atoms. The van der Waals surface area contributed by atoms with E-state index in [1.54, 1.807) is 0 Å². The normalized spacial score (nSPS) is 12.3. The molecule has 1 unspecified atom stereocenters. The Morgan fingerprint density at radius 2 is 1.74 bits per heavy atom. The second-order valence-electron chi connectivity index (χ2n) is 4.51. The van der Waals surface area contributed by atoms with Crippen LogP contribution < -0.4 is 0 Å². The van der Waals surface area contributed by atoms with E-state index in [1.165, 1.54) is 6.92 Å². The molecule has 0 heterocycles. The summed E-state index contributed by atoms with van der Waals surface area (Å²) >= 11 is 0. The van der Waals surface area contributed by atoms with Gasteiger partial charge in [0.1, 0.15) is 0 Å². The Morgan fingerprint density at radius 1 is 1.11 bits per heavy atom. The molecule has 0 saturated heterocycles. The molecular weight excluding hydrogens is 248 g/mol. The van der Waals surface area contributed by atoms with Gasteiger partial charge in [0.05, 0.1) is 6.10 Å². The lowest BCUT2D eigenvalue weighted by Gasteiger charge is -2.10. The average Bonchev–Trinajstić information content (AvgIpc) is 2.30. The van der Waals surface area contributed by atoms with Gasteiger partial charge >= 0.3 is 11.9 Å². The highest BCUT2D eigenvalue weighted by molar-refractivity contribution is 5.95. The molecule has 19 heavy (non-hydrogen) atoms. The zero-order valence-electron chi connectivity index (χ0n) is 11.6. The van der Waals surface area contributed by atoms with Gasteiger partial charge in [-0.05, 0) is 32.3 Å². The van der Waals surface area contributed by atoms with Crippen molar-refractivity contribution < 1.29 is 24.2 Å². The van der Waals surface area contributed by atoms with Crippen LogP contribution in [0.25, 0.3) is 0 Å². The predicted molar refractivity (Wildman–Crippen MR) is 70.7 cm³/mol. The summed E-state index contributed by atoms with van der Waals surface area (Å²) in [5.74, 6) is -1.52. The Kier molecular flexibility index (Phi) is 9.40. The van der Waals surface area contributed by atoms with E-state index >= 15 is 0 Å². The number of rotatable bonds is 10. The molecule has 0 aromatic carbocycles. The molecule has 0 aromatic heterocycles. The minimum atomic E-state index is -1.10. The highest BCUT2D eigenvalue weighted by Crippen LogP contribution is 2.09. The first kappa shape index (κ1) is 17.4. The molecule has 0 amide bonds. The molecular formula is C14H22O5. The summed E-state index contributed by atoms with van der Waals surface area (Å²) < 4.78 is 4.99. The van der Waals surface area contributed by atoms with Crippen LogP contribution in [-0.2, 0) is 19.1 Å². The number of ether oxygens (including phenoxy) is 1. The van der Waals surface area contributed by atoms with Gasteiger partial charge in [-0.2, -0.15) is 0 Å². The molecule has 5 heteroatoms. The predicted octanol–water partition coefficient (Wildman–Crippen LogP) is 2.49. The first-order chi connectivity index (χ1) is 8.91. The van der Waals surface area contributed by atoms with Crippen molar-refractivity contribution in [2.45, 2.75) is 58.5 Å². The van der Waals surface area contributed by atoms with Gasteiger partial charge in [0.15, 0.2) is 5.78 Å². The third-order valence-corrected chi connectivity index (χ3v) is 2.56. The number of hydrogen-bond acceptors (Lipinski definition) is 4. The zero-order chi connectivity index (χ0) is 14.7. The topological polar surface area (TPSA) is 80.7 Å². The molecule has 0 aliphatic carbocycles. The molecule has 0 radical (unpaired) electrons. The maximum atomic E-state index is 11.2. The number of carbonyl (C=O) groups is 3. The van der Waals surface area contributed by atoms with Gasteiger partial charge in [-0.15, -0.1) is 0 Å². The van der Waals surface area contributed by atoms with Gasteiger partial charge < -0.3 is 9.84 Å². The first-order valence-corrected chi connectivity index (χ1v) is 6.53. The van der Waals surface area contributed by atoms with Crippen LogP contribution in [0.15, 0.2) is 12.2 Å². The number of allylic oxidation sites excluding steroid dienone is 1. The van der Waals surface area contributed by atoms with Crippen molar-refractivity contribution in [2.24, 2.45) is 0 Å². The van der Waals surface area contributed by atoms with E-state index < -0.39 is 5.97 Å². The van der Waals surface area contributed by atoms with E-state index in [2.05, 4.69) is 0 Å². The maximum Gasteiger partial charge on any atom is 0.328 e. The number of carboxylic acids is 1. The van der Waals surface area contributed by atoms with E-state index in [1.807, 2.05) is 6.92 Å². The fraction of sp³-hybridized carbons (Fsp3) is 0.643. The van der Waals surface area contributed by atoms with Crippen molar-refractivity contribution in [2.75, 3.05) is 0 Å². The van der Waals surface area contributed by atoms with Crippen molar-refractivity contribution in [3.63, 3.8) is 0 Å². The second kappa shape index (κ2) is 10.3. The third-order valence-electron chi connectivity index (χ3n) is 2.56. The van der Waals surface area contributed by atoms with E-state index in [0.717, 1.165) is 44.3 Å². The Morgan fingerprint density at radius 3 is 2.32 bits per heavy atom. The van der Waals surface area contributed by atoms with Crippen LogP contribution in [0.5, 0.6) is 0 Å². The third kappa shape index (κ3) is 12.6. The summed E-state index contributed by atoms with van der Waals surface area (Å²) in [5.41, 5.74) is 0. The number of aliphatic carboxylic acids is 1. The van der Waals surface area contributed by atoms with Crippen LogP contribution >= 0.6 is 0 Å². The Balaban J connectivity index is 3.48. The van der Waals surface area contributed by atoms with Crippen LogP contribution in [-0.4, -0.2) is 28.9 Å². The van der Waals surface area contributed by atoms with Crippen LogP contribution in [0, 0.1) is 0 Å². The monoisotopic (exact) mass is 270 g/mol. The molecule has 0 saturated carbocycles. The number of ketones is 1. The van der Waals surface area contributed by atoms with Crippen molar-refractivity contribution in [1.82, 2.24) is 0 Å². The fourth-order valence-corrected chi connectivity index (χ4v) is 1.67. The highest BCUT2D eigenvalue weighted by Gasteiger charge is 2.04. The van der Waals surface area contributed by atoms with E-state index in [4.69, 9.17) is 9.84 Å².